The maximum atomic E-state index is 12.1. The molecule has 0 radical (unpaired) electrons. The van der Waals surface area contributed by atoms with Crippen molar-refractivity contribution in [3.8, 4) is 0 Å². The molecule has 1 aromatic carbocycles. The molecule has 128 valence electrons. The predicted octanol–water partition coefficient (Wildman–Crippen LogP) is 4.03. The van der Waals surface area contributed by atoms with Crippen LogP contribution in [0.15, 0.2) is 24.3 Å². The van der Waals surface area contributed by atoms with E-state index in [1.165, 1.54) is 0 Å². The van der Waals surface area contributed by atoms with Gasteiger partial charge in [0, 0.05) is 17.8 Å². The number of aromatic nitrogens is 1. The summed E-state index contributed by atoms with van der Waals surface area (Å²) in [5, 5.41) is 3.29. The number of hydrogen-bond acceptors (Lipinski definition) is 3. The van der Waals surface area contributed by atoms with Crippen molar-refractivity contribution in [2.75, 3.05) is 11.9 Å². The third kappa shape index (κ3) is 4.17. The number of hydrogen-bond donors (Lipinski definition) is 2. The first kappa shape index (κ1) is 18.1. The second-order valence-electron chi connectivity index (χ2n) is 5.48. The fourth-order valence-corrected chi connectivity index (χ4v) is 2.77. The molecule has 0 aliphatic carbocycles. The number of aryl methyl sites for hydroxylation is 2. The lowest BCUT2D eigenvalue weighted by atomic mass is 10.1. The standard InChI is InChI=1S/C18H21ClN2O3/c1-4-24-18(23)17-11(2)14(20-12(17)3)9-10-16(22)21-15-8-6-5-7-13(15)19/h5-8,20H,4,9-10H2,1-3H3,(H,21,22). The lowest BCUT2D eigenvalue weighted by Gasteiger charge is -2.07. The lowest BCUT2D eigenvalue weighted by Crippen LogP contribution is -2.13. The summed E-state index contributed by atoms with van der Waals surface area (Å²) in [5.74, 6) is -0.469. The Balaban J connectivity index is 2.02. The van der Waals surface area contributed by atoms with Gasteiger partial charge in [0.15, 0.2) is 0 Å². The SMILES string of the molecule is CCOC(=O)c1c(C)[nH]c(CCC(=O)Nc2ccccc2Cl)c1C. The van der Waals surface area contributed by atoms with Crippen LogP contribution < -0.4 is 5.32 Å². The largest absolute Gasteiger partial charge is 0.462 e. The van der Waals surface area contributed by atoms with Gasteiger partial charge in [-0.3, -0.25) is 4.79 Å². The van der Waals surface area contributed by atoms with Crippen molar-refractivity contribution in [2.45, 2.75) is 33.6 Å². The molecule has 1 amide bonds. The van der Waals surface area contributed by atoms with Gasteiger partial charge in [0.25, 0.3) is 0 Å². The van der Waals surface area contributed by atoms with E-state index in [2.05, 4.69) is 10.3 Å². The Morgan fingerprint density at radius 2 is 1.96 bits per heavy atom. The smallest absolute Gasteiger partial charge is 0.340 e. The van der Waals surface area contributed by atoms with Crippen LogP contribution in [0, 0.1) is 13.8 Å². The summed E-state index contributed by atoms with van der Waals surface area (Å²) < 4.78 is 5.07. The highest BCUT2D eigenvalue weighted by Gasteiger charge is 2.19. The Bertz CT molecular complexity index is 753. The van der Waals surface area contributed by atoms with Crippen molar-refractivity contribution >= 4 is 29.2 Å². The average Bonchev–Trinajstić information content (AvgIpc) is 2.82. The molecule has 0 spiro atoms. The highest BCUT2D eigenvalue weighted by atomic mass is 35.5. The maximum absolute atomic E-state index is 12.1. The van der Waals surface area contributed by atoms with Gasteiger partial charge < -0.3 is 15.0 Å². The van der Waals surface area contributed by atoms with E-state index < -0.39 is 0 Å². The second kappa shape index (κ2) is 8.02. The summed E-state index contributed by atoms with van der Waals surface area (Å²) in [4.78, 5) is 27.3. The number of H-pyrrole nitrogens is 1. The number of benzene rings is 1. The van der Waals surface area contributed by atoms with Crippen LogP contribution in [0.3, 0.4) is 0 Å². The zero-order chi connectivity index (χ0) is 17.7. The van der Waals surface area contributed by atoms with Gasteiger partial charge in [-0.1, -0.05) is 23.7 Å². The van der Waals surface area contributed by atoms with Crippen molar-refractivity contribution in [1.29, 1.82) is 0 Å². The molecule has 2 aromatic rings. The normalized spacial score (nSPS) is 10.5. The molecule has 0 atom stereocenters. The molecule has 5 nitrogen and oxygen atoms in total. The van der Waals surface area contributed by atoms with Crippen molar-refractivity contribution in [3.05, 3.63) is 51.8 Å². The maximum Gasteiger partial charge on any atom is 0.340 e. The Hall–Kier alpha value is -2.27. The van der Waals surface area contributed by atoms with Gasteiger partial charge in [0.2, 0.25) is 5.91 Å². The van der Waals surface area contributed by atoms with E-state index in [0.717, 1.165) is 17.0 Å². The predicted molar refractivity (Wildman–Crippen MR) is 94.6 cm³/mol. The molecular formula is C18H21ClN2O3. The van der Waals surface area contributed by atoms with Gasteiger partial charge >= 0.3 is 5.97 Å². The monoisotopic (exact) mass is 348 g/mol. The average molecular weight is 349 g/mol. The molecule has 0 saturated carbocycles. The first-order chi connectivity index (χ1) is 11.4. The number of nitrogens with one attached hydrogen (secondary N) is 2. The Labute approximate surface area is 146 Å². The van der Waals surface area contributed by atoms with Crippen molar-refractivity contribution in [3.63, 3.8) is 0 Å². The molecule has 2 N–H and O–H groups in total. The summed E-state index contributed by atoms with van der Waals surface area (Å²) in [7, 11) is 0. The van der Waals surface area contributed by atoms with Crippen LogP contribution in [0.5, 0.6) is 0 Å². The van der Waals surface area contributed by atoms with Crippen LogP contribution in [0.25, 0.3) is 0 Å². The van der Waals surface area contributed by atoms with Crippen LogP contribution in [-0.4, -0.2) is 23.5 Å². The van der Waals surface area contributed by atoms with Gasteiger partial charge in [-0.2, -0.15) is 0 Å². The fraction of sp³-hybridized carbons (Fsp3) is 0.333. The van der Waals surface area contributed by atoms with Gasteiger partial charge in [-0.15, -0.1) is 0 Å². The van der Waals surface area contributed by atoms with Crippen molar-refractivity contribution < 1.29 is 14.3 Å². The molecule has 0 aliphatic rings. The Morgan fingerprint density at radius 3 is 2.62 bits per heavy atom. The van der Waals surface area contributed by atoms with Crippen LogP contribution in [-0.2, 0) is 16.0 Å². The number of aromatic amines is 1. The van der Waals surface area contributed by atoms with E-state index in [1.807, 2.05) is 19.9 Å². The lowest BCUT2D eigenvalue weighted by molar-refractivity contribution is -0.116. The quantitative estimate of drug-likeness (QED) is 0.774. The molecule has 0 fully saturated rings. The summed E-state index contributed by atoms with van der Waals surface area (Å²) in [5.41, 5.74) is 3.60. The highest BCUT2D eigenvalue weighted by molar-refractivity contribution is 6.33. The molecule has 1 heterocycles. The molecule has 1 aromatic heterocycles. The second-order valence-corrected chi connectivity index (χ2v) is 5.88. The van der Waals surface area contributed by atoms with E-state index in [-0.39, 0.29) is 18.3 Å². The summed E-state index contributed by atoms with van der Waals surface area (Å²) >= 11 is 6.03. The zero-order valence-electron chi connectivity index (χ0n) is 14.0. The number of esters is 1. The number of carbonyl (C=O) groups is 2. The van der Waals surface area contributed by atoms with Crippen LogP contribution in [0.2, 0.25) is 5.02 Å². The Morgan fingerprint density at radius 1 is 1.25 bits per heavy atom. The van der Waals surface area contributed by atoms with E-state index in [9.17, 15) is 9.59 Å². The van der Waals surface area contributed by atoms with E-state index in [0.29, 0.717) is 29.3 Å². The molecule has 0 unspecified atom stereocenters. The molecule has 0 bridgehead atoms. The number of ether oxygens (including phenoxy) is 1. The van der Waals surface area contributed by atoms with Gasteiger partial charge in [0.05, 0.1) is 22.9 Å². The molecule has 0 aliphatic heterocycles. The number of amides is 1. The first-order valence-corrected chi connectivity index (χ1v) is 8.21. The molecule has 6 heteroatoms. The minimum atomic E-state index is -0.337. The van der Waals surface area contributed by atoms with Crippen molar-refractivity contribution in [2.24, 2.45) is 0 Å². The van der Waals surface area contributed by atoms with Gasteiger partial charge in [0.1, 0.15) is 0 Å². The number of rotatable bonds is 6. The van der Waals surface area contributed by atoms with Crippen LogP contribution >= 0.6 is 11.6 Å². The third-order valence-corrected chi connectivity index (χ3v) is 4.10. The first-order valence-electron chi connectivity index (χ1n) is 7.83. The Kier molecular flexibility index (Phi) is 6.04. The summed E-state index contributed by atoms with van der Waals surface area (Å²) in [6.45, 7) is 5.79. The highest BCUT2D eigenvalue weighted by Crippen LogP contribution is 2.22. The van der Waals surface area contributed by atoms with Crippen LogP contribution in [0.4, 0.5) is 5.69 Å². The topological polar surface area (TPSA) is 71.2 Å². The van der Waals surface area contributed by atoms with Gasteiger partial charge in [-0.25, -0.2) is 4.79 Å². The number of carbonyl (C=O) groups excluding carboxylic acids is 2. The van der Waals surface area contributed by atoms with Crippen LogP contribution in [0.1, 0.15) is 40.7 Å². The number of para-hydroxylation sites is 1. The fourth-order valence-electron chi connectivity index (χ4n) is 2.59. The zero-order valence-corrected chi connectivity index (χ0v) is 14.8. The minimum Gasteiger partial charge on any atom is -0.462 e. The molecule has 0 saturated heterocycles. The third-order valence-electron chi connectivity index (χ3n) is 3.77. The molecule has 2 rings (SSSR count). The van der Waals surface area contributed by atoms with E-state index in [1.54, 1.807) is 25.1 Å². The minimum absolute atomic E-state index is 0.132. The molecule has 24 heavy (non-hydrogen) atoms. The molecular weight excluding hydrogens is 328 g/mol. The summed E-state index contributed by atoms with van der Waals surface area (Å²) in [6.07, 6.45) is 0.788. The number of anilines is 1. The number of halogens is 1. The van der Waals surface area contributed by atoms with Gasteiger partial charge in [-0.05, 0) is 44.9 Å². The van der Waals surface area contributed by atoms with E-state index in [4.69, 9.17) is 16.3 Å². The van der Waals surface area contributed by atoms with E-state index >= 15 is 0 Å². The van der Waals surface area contributed by atoms with Crippen molar-refractivity contribution in [1.82, 2.24) is 4.98 Å². The summed E-state index contributed by atoms with van der Waals surface area (Å²) in [6, 6.07) is 7.09.